The van der Waals surface area contributed by atoms with E-state index < -0.39 is 15.7 Å². The minimum atomic E-state index is -3.19. The van der Waals surface area contributed by atoms with Crippen LogP contribution in [0.3, 0.4) is 0 Å². The smallest absolute Gasteiger partial charge is 0.178 e. The van der Waals surface area contributed by atoms with Crippen molar-refractivity contribution in [1.82, 2.24) is 0 Å². The Kier molecular flexibility index (Phi) is 3.03. The van der Waals surface area contributed by atoms with E-state index in [1.54, 1.807) is 6.92 Å². The van der Waals surface area contributed by atoms with E-state index in [0.717, 1.165) is 12.1 Å². The van der Waals surface area contributed by atoms with Crippen LogP contribution in [0.25, 0.3) is 0 Å². The number of rotatable bonds is 3. The van der Waals surface area contributed by atoms with Gasteiger partial charge in [0.25, 0.3) is 0 Å². The lowest BCUT2D eigenvalue weighted by molar-refractivity contribution is 0.593. The van der Waals surface area contributed by atoms with Crippen molar-refractivity contribution in [2.75, 3.05) is 5.75 Å². The van der Waals surface area contributed by atoms with Gasteiger partial charge in [0, 0.05) is 0 Å². The molecule has 0 aliphatic heterocycles. The average Bonchev–Trinajstić information content (AvgIpc) is 2.05. The van der Waals surface area contributed by atoms with Gasteiger partial charge in [-0.25, -0.2) is 12.8 Å². The van der Waals surface area contributed by atoms with Gasteiger partial charge >= 0.3 is 0 Å². The molecule has 0 fully saturated rings. The Bertz CT molecular complexity index is 367. The number of hydrogen-bond donors (Lipinski definition) is 0. The van der Waals surface area contributed by atoms with E-state index in [-0.39, 0.29) is 10.6 Å². The van der Waals surface area contributed by atoms with Crippen LogP contribution in [-0.4, -0.2) is 14.2 Å². The van der Waals surface area contributed by atoms with Crippen LogP contribution in [-0.2, 0) is 9.84 Å². The van der Waals surface area contributed by atoms with Gasteiger partial charge in [-0.3, -0.25) is 0 Å². The molecule has 4 heteroatoms. The fraction of sp³-hybridized carbons (Fsp3) is 0.333. The first kappa shape index (κ1) is 10.2. The molecular weight excluding hydrogens is 191 g/mol. The summed E-state index contributed by atoms with van der Waals surface area (Å²) < 4.78 is 35.3. The van der Waals surface area contributed by atoms with Gasteiger partial charge < -0.3 is 0 Å². The number of hydrogen-bond acceptors (Lipinski definition) is 2. The Hall–Kier alpha value is -0.900. The molecule has 0 saturated carbocycles. The van der Waals surface area contributed by atoms with Crippen LogP contribution >= 0.6 is 0 Å². The standard InChI is InChI=1S/C9H11FO2S/c1-2-7-13(11,12)9-5-3-8(10)4-6-9/h3-6H,2,7H2,1H3. The summed E-state index contributed by atoms with van der Waals surface area (Å²) in [7, 11) is -3.19. The summed E-state index contributed by atoms with van der Waals surface area (Å²) in [4.78, 5) is 0.191. The maximum atomic E-state index is 12.5. The quantitative estimate of drug-likeness (QED) is 0.702. The molecule has 2 nitrogen and oxygen atoms in total. The third kappa shape index (κ3) is 2.52. The molecule has 0 atom stereocenters. The highest BCUT2D eigenvalue weighted by Crippen LogP contribution is 2.12. The van der Waals surface area contributed by atoms with Crippen molar-refractivity contribution >= 4 is 9.84 Å². The van der Waals surface area contributed by atoms with Crippen molar-refractivity contribution < 1.29 is 12.8 Å². The van der Waals surface area contributed by atoms with Crippen LogP contribution in [0.4, 0.5) is 4.39 Å². The third-order valence-electron chi connectivity index (χ3n) is 1.65. The highest BCUT2D eigenvalue weighted by Gasteiger charge is 2.12. The van der Waals surface area contributed by atoms with Crippen LogP contribution in [0, 0.1) is 5.82 Å². The first-order valence-electron chi connectivity index (χ1n) is 4.04. The Morgan fingerprint density at radius 3 is 2.23 bits per heavy atom. The van der Waals surface area contributed by atoms with Crippen molar-refractivity contribution in [2.24, 2.45) is 0 Å². The summed E-state index contributed by atoms with van der Waals surface area (Å²) in [5.41, 5.74) is 0. The predicted molar refractivity (Wildman–Crippen MR) is 48.7 cm³/mol. The molecule has 0 bridgehead atoms. The first-order valence-corrected chi connectivity index (χ1v) is 5.70. The van der Waals surface area contributed by atoms with E-state index in [1.165, 1.54) is 12.1 Å². The second-order valence-corrected chi connectivity index (χ2v) is 4.88. The lowest BCUT2D eigenvalue weighted by Gasteiger charge is -2.01. The Labute approximate surface area is 77.3 Å². The van der Waals surface area contributed by atoms with Crippen LogP contribution in [0.15, 0.2) is 29.2 Å². The fourth-order valence-electron chi connectivity index (χ4n) is 1.03. The lowest BCUT2D eigenvalue weighted by atomic mass is 10.4. The second kappa shape index (κ2) is 3.87. The Balaban J connectivity index is 3.02. The second-order valence-electron chi connectivity index (χ2n) is 2.77. The largest absolute Gasteiger partial charge is 0.224 e. The van der Waals surface area contributed by atoms with E-state index >= 15 is 0 Å². The van der Waals surface area contributed by atoms with Gasteiger partial charge in [0.15, 0.2) is 9.84 Å². The monoisotopic (exact) mass is 202 g/mol. The van der Waals surface area contributed by atoms with Crippen molar-refractivity contribution in [3.05, 3.63) is 30.1 Å². The molecule has 0 N–H and O–H groups in total. The van der Waals surface area contributed by atoms with Crippen LogP contribution in [0.1, 0.15) is 13.3 Å². The number of halogens is 1. The zero-order chi connectivity index (χ0) is 9.90. The van der Waals surface area contributed by atoms with Gasteiger partial charge in [0.05, 0.1) is 10.6 Å². The zero-order valence-electron chi connectivity index (χ0n) is 7.33. The van der Waals surface area contributed by atoms with E-state index in [1.807, 2.05) is 0 Å². The number of sulfone groups is 1. The molecule has 0 aliphatic rings. The molecule has 72 valence electrons. The van der Waals surface area contributed by atoms with E-state index in [2.05, 4.69) is 0 Å². The molecule has 0 amide bonds. The normalized spacial score (nSPS) is 11.5. The SMILES string of the molecule is CCCS(=O)(=O)c1ccc(F)cc1. The molecule has 0 heterocycles. The predicted octanol–water partition coefficient (Wildman–Crippen LogP) is 2.01. The first-order chi connectivity index (χ1) is 6.06. The van der Waals surface area contributed by atoms with E-state index in [9.17, 15) is 12.8 Å². The van der Waals surface area contributed by atoms with Gasteiger partial charge in [-0.15, -0.1) is 0 Å². The molecule has 1 aromatic rings. The summed E-state index contributed by atoms with van der Waals surface area (Å²) in [6.07, 6.45) is 0.569. The average molecular weight is 202 g/mol. The van der Waals surface area contributed by atoms with Gasteiger partial charge in [-0.05, 0) is 30.7 Å². The van der Waals surface area contributed by atoms with Gasteiger partial charge in [0.2, 0.25) is 0 Å². The summed E-state index contributed by atoms with van der Waals surface area (Å²) in [6, 6.07) is 4.89. The topological polar surface area (TPSA) is 34.1 Å². The minimum absolute atomic E-state index is 0.110. The summed E-state index contributed by atoms with van der Waals surface area (Å²) in [5.74, 6) is -0.311. The molecule has 0 unspecified atom stereocenters. The summed E-state index contributed by atoms with van der Waals surface area (Å²) in [5, 5.41) is 0. The third-order valence-corrected chi connectivity index (χ3v) is 3.58. The highest BCUT2D eigenvalue weighted by atomic mass is 32.2. The Morgan fingerprint density at radius 1 is 1.23 bits per heavy atom. The molecule has 0 saturated heterocycles. The summed E-state index contributed by atoms with van der Waals surface area (Å²) in [6.45, 7) is 1.79. The fourth-order valence-corrected chi connectivity index (χ4v) is 2.35. The maximum Gasteiger partial charge on any atom is 0.178 e. The van der Waals surface area contributed by atoms with Gasteiger partial charge in [-0.2, -0.15) is 0 Å². The molecule has 0 spiro atoms. The summed E-state index contributed by atoms with van der Waals surface area (Å²) >= 11 is 0. The lowest BCUT2D eigenvalue weighted by Crippen LogP contribution is -2.05. The van der Waals surface area contributed by atoms with Crippen molar-refractivity contribution in [1.29, 1.82) is 0 Å². The minimum Gasteiger partial charge on any atom is -0.224 e. The maximum absolute atomic E-state index is 12.5. The van der Waals surface area contributed by atoms with E-state index in [4.69, 9.17) is 0 Å². The van der Waals surface area contributed by atoms with Crippen molar-refractivity contribution in [3.63, 3.8) is 0 Å². The molecule has 0 radical (unpaired) electrons. The molecule has 1 rings (SSSR count). The number of benzene rings is 1. The molecular formula is C9H11FO2S. The van der Waals surface area contributed by atoms with Crippen molar-refractivity contribution in [2.45, 2.75) is 18.2 Å². The van der Waals surface area contributed by atoms with Crippen LogP contribution < -0.4 is 0 Å². The molecule has 0 aromatic heterocycles. The Morgan fingerprint density at radius 2 is 1.77 bits per heavy atom. The van der Waals surface area contributed by atoms with E-state index in [0.29, 0.717) is 6.42 Å². The zero-order valence-corrected chi connectivity index (χ0v) is 8.14. The van der Waals surface area contributed by atoms with Crippen molar-refractivity contribution in [3.8, 4) is 0 Å². The van der Waals surface area contributed by atoms with Gasteiger partial charge in [0.1, 0.15) is 5.82 Å². The molecule has 0 aliphatic carbocycles. The molecule has 13 heavy (non-hydrogen) atoms. The van der Waals surface area contributed by atoms with Crippen LogP contribution in [0.5, 0.6) is 0 Å². The van der Waals surface area contributed by atoms with Gasteiger partial charge in [-0.1, -0.05) is 6.92 Å². The molecule has 1 aromatic carbocycles. The van der Waals surface area contributed by atoms with Crippen LogP contribution in [0.2, 0.25) is 0 Å². The highest BCUT2D eigenvalue weighted by molar-refractivity contribution is 7.91.